The Balaban J connectivity index is 2.57. The normalized spacial score (nSPS) is 14.8. The summed E-state index contributed by atoms with van der Waals surface area (Å²) >= 11 is 0. The van der Waals surface area contributed by atoms with Crippen LogP contribution in [0.2, 0.25) is 0 Å². The summed E-state index contributed by atoms with van der Waals surface area (Å²) in [5.41, 5.74) is 2.67. The van der Waals surface area contributed by atoms with Gasteiger partial charge in [0.1, 0.15) is 0 Å². The second-order valence-corrected chi connectivity index (χ2v) is 4.33. The van der Waals surface area contributed by atoms with Crippen molar-refractivity contribution in [3.05, 3.63) is 35.4 Å². The van der Waals surface area contributed by atoms with Gasteiger partial charge in [-0.15, -0.1) is 0 Å². The van der Waals surface area contributed by atoms with Crippen LogP contribution in [0, 0.1) is 6.92 Å². The number of methoxy groups -OCH3 is 1. The molecule has 0 fully saturated rings. The molecule has 2 heteroatoms. The fourth-order valence-corrected chi connectivity index (χ4v) is 1.69. The lowest BCUT2D eigenvalue weighted by molar-refractivity contribution is 0.114. The van der Waals surface area contributed by atoms with Crippen LogP contribution in [-0.4, -0.2) is 19.8 Å². The van der Waals surface area contributed by atoms with Crippen molar-refractivity contribution < 1.29 is 4.74 Å². The molecular weight excluding hydrogens is 198 g/mol. The van der Waals surface area contributed by atoms with Crippen LogP contribution < -0.4 is 5.32 Å². The molecule has 16 heavy (non-hydrogen) atoms. The van der Waals surface area contributed by atoms with E-state index in [0.717, 1.165) is 13.0 Å². The molecule has 0 saturated heterocycles. The topological polar surface area (TPSA) is 21.3 Å². The summed E-state index contributed by atoms with van der Waals surface area (Å²) in [7, 11) is 1.75. The van der Waals surface area contributed by atoms with E-state index < -0.39 is 0 Å². The van der Waals surface area contributed by atoms with Crippen LogP contribution in [0.3, 0.4) is 0 Å². The van der Waals surface area contributed by atoms with Gasteiger partial charge in [-0.2, -0.15) is 0 Å². The largest absolute Gasteiger partial charge is 0.380 e. The number of rotatable bonds is 6. The highest BCUT2D eigenvalue weighted by Gasteiger charge is 2.09. The molecule has 0 saturated carbocycles. The van der Waals surface area contributed by atoms with Gasteiger partial charge in [0.15, 0.2) is 0 Å². The molecule has 0 heterocycles. The fourth-order valence-electron chi connectivity index (χ4n) is 1.69. The van der Waals surface area contributed by atoms with Crippen molar-refractivity contribution in [3.63, 3.8) is 0 Å². The zero-order valence-electron chi connectivity index (χ0n) is 10.8. The first-order valence-electron chi connectivity index (χ1n) is 6.00. The molecular formula is C14H23NO. The van der Waals surface area contributed by atoms with Gasteiger partial charge in [0.25, 0.3) is 0 Å². The summed E-state index contributed by atoms with van der Waals surface area (Å²) in [5, 5.41) is 3.53. The van der Waals surface area contributed by atoms with E-state index in [0.29, 0.717) is 6.04 Å². The first-order chi connectivity index (χ1) is 7.67. The van der Waals surface area contributed by atoms with Crippen LogP contribution in [-0.2, 0) is 4.74 Å². The molecule has 0 amide bonds. The third-order valence-corrected chi connectivity index (χ3v) is 2.94. The molecule has 1 N–H and O–H groups in total. The first kappa shape index (κ1) is 13.2. The van der Waals surface area contributed by atoms with E-state index in [1.807, 2.05) is 0 Å². The molecule has 2 nitrogen and oxygen atoms in total. The number of hydrogen-bond donors (Lipinski definition) is 1. The minimum Gasteiger partial charge on any atom is -0.380 e. The molecule has 0 radical (unpaired) electrons. The van der Waals surface area contributed by atoms with Gasteiger partial charge in [-0.25, -0.2) is 0 Å². The Hall–Kier alpha value is -0.860. The molecule has 1 aromatic rings. The Morgan fingerprint density at radius 2 is 1.88 bits per heavy atom. The highest BCUT2D eigenvalue weighted by molar-refractivity contribution is 5.24. The highest BCUT2D eigenvalue weighted by atomic mass is 16.5. The van der Waals surface area contributed by atoms with E-state index in [2.05, 4.69) is 50.4 Å². The predicted molar refractivity (Wildman–Crippen MR) is 68.7 cm³/mol. The van der Waals surface area contributed by atoms with Gasteiger partial charge in [0, 0.05) is 19.7 Å². The van der Waals surface area contributed by atoms with Gasteiger partial charge in [0.05, 0.1) is 6.10 Å². The second-order valence-electron chi connectivity index (χ2n) is 4.33. The number of benzene rings is 1. The first-order valence-corrected chi connectivity index (χ1v) is 6.00. The van der Waals surface area contributed by atoms with Crippen molar-refractivity contribution in [2.45, 2.75) is 39.3 Å². The Morgan fingerprint density at radius 3 is 2.38 bits per heavy atom. The average molecular weight is 221 g/mol. The van der Waals surface area contributed by atoms with Crippen LogP contribution in [0.1, 0.15) is 37.4 Å². The summed E-state index contributed by atoms with van der Waals surface area (Å²) in [6.45, 7) is 7.29. The van der Waals surface area contributed by atoms with Crippen LogP contribution in [0.15, 0.2) is 24.3 Å². The van der Waals surface area contributed by atoms with E-state index in [1.54, 1.807) is 7.11 Å². The summed E-state index contributed by atoms with van der Waals surface area (Å²) in [4.78, 5) is 0. The van der Waals surface area contributed by atoms with Crippen LogP contribution in [0.5, 0.6) is 0 Å². The Morgan fingerprint density at radius 1 is 1.25 bits per heavy atom. The molecule has 0 spiro atoms. The lowest BCUT2D eigenvalue weighted by Crippen LogP contribution is -2.29. The minimum absolute atomic E-state index is 0.263. The van der Waals surface area contributed by atoms with Gasteiger partial charge in [-0.05, 0) is 25.8 Å². The maximum atomic E-state index is 5.24. The minimum atomic E-state index is 0.263. The Bertz CT molecular complexity index is 294. The lowest BCUT2D eigenvalue weighted by atomic mass is 10.0. The molecule has 0 aliphatic rings. The van der Waals surface area contributed by atoms with E-state index in [1.165, 1.54) is 11.1 Å². The molecule has 0 aromatic heterocycles. The van der Waals surface area contributed by atoms with Crippen LogP contribution >= 0.6 is 0 Å². The van der Waals surface area contributed by atoms with E-state index >= 15 is 0 Å². The zero-order chi connectivity index (χ0) is 12.0. The molecule has 0 aliphatic heterocycles. The summed E-state index contributed by atoms with van der Waals surface area (Å²) in [6, 6.07) is 9.17. The molecule has 2 atom stereocenters. The van der Waals surface area contributed by atoms with E-state index in [4.69, 9.17) is 4.74 Å². The van der Waals surface area contributed by atoms with Crippen molar-refractivity contribution in [1.29, 1.82) is 0 Å². The standard InChI is InChI=1S/C14H23NO/c1-5-14(15-10-12(3)16-4)13-8-6-11(2)7-9-13/h6-9,12,14-15H,5,10H2,1-4H3. The van der Waals surface area contributed by atoms with Gasteiger partial charge in [-0.3, -0.25) is 0 Å². The SMILES string of the molecule is CCC(NCC(C)OC)c1ccc(C)cc1. The second kappa shape index (κ2) is 6.66. The van der Waals surface area contributed by atoms with E-state index in [-0.39, 0.29) is 6.10 Å². The quantitative estimate of drug-likeness (QED) is 0.797. The monoisotopic (exact) mass is 221 g/mol. The van der Waals surface area contributed by atoms with Crippen molar-refractivity contribution in [2.75, 3.05) is 13.7 Å². The summed E-state index contributed by atoms with van der Waals surface area (Å²) in [6.07, 6.45) is 1.36. The lowest BCUT2D eigenvalue weighted by Gasteiger charge is -2.20. The van der Waals surface area contributed by atoms with Crippen molar-refractivity contribution >= 4 is 0 Å². The molecule has 90 valence electrons. The summed E-state index contributed by atoms with van der Waals surface area (Å²) in [5.74, 6) is 0. The van der Waals surface area contributed by atoms with Crippen molar-refractivity contribution in [3.8, 4) is 0 Å². The predicted octanol–water partition coefficient (Wildman–Crippen LogP) is 3.07. The maximum Gasteiger partial charge on any atom is 0.0667 e. The smallest absolute Gasteiger partial charge is 0.0667 e. The van der Waals surface area contributed by atoms with Gasteiger partial charge < -0.3 is 10.1 Å². The number of hydrogen-bond acceptors (Lipinski definition) is 2. The molecule has 1 aromatic carbocycles. The number of aryl methyl sites for hydroxylation is 1. The van der Waals surface area contributed by atoms with E-state index in [9.17, 15) is 0 Å². The van der Waals surface area contributed by atoms with Crippen molar-refractivity contribution in [2.24, 2.45) is 0 Å². The molecule has 0 aliphatic carbocycles. The fraction of sp³-hybridized carbons (Fsp3) is 0.571. The van der Waals surface area contributed by atoms with Crippen molar-refractivity contribution in [1.82, 2.24) is 5.32 Å². The zero-order valence-corrected chi connectivity index (χ0v) is 10.8. The summed E-state index contributed by atoms with van der Waals surface area (Å²) < 4.78 is 5.24. The maximum absolute atomic E-state index is 5.24. The Labute approximate surface area is 99.0 Å². The molecule has 2 unspecified atom stereocenters. The van der Waals surface area contributed by atoms with Gasteiger partial charge in [0.2, 0.25) is 0 Å². The number of nitrogens with one attached hydrogen (secondary N) is 1. The molecule has 1 rings (SSSR count). The number of ether oxygens (including phenoxy) is 1. The third-order valence-electron chi connectivity index (χ3n) is 2.94. The van der Waals surface area contributed by atoms with Gasteiger partial charge >= 0.3 is 0 Å². The van der Waals surface area contributed by atoms with Crippen LogP contribution in [0.25, 0.3) is 0 Å². The highest BCUT2D eigenvalue weighted by Crippen LogP contribution is 2.16. The Kier molecular flexibility index (Phi) is 5.50. The van der Waals surface area contributed by atoms with Gasteiger partial charge in [-0.1, -0.05) is 36.8 Å². The molecule has 0 bridgehead atoms. The average Bonchev–Trinajstić information content (AvgIpc) is 2.31. The van der Waals surface area contributed by atoms with Crippen LogP contribution in [0.4, 0.5) is 0 Å². The third kappa shape index (κ3) is 3.95.